The molecular weight excluding hydrogens is 494 g/mol. The summed E-state index contributed by atoms with van der Waals surface area (Å²) in [6, 6.07) is 29.7. The third kappa shape index (κ3) is 5.31. The molecule has 0 atom stereocenters. The van der Waals surface area contributed by atoms with E-state index in [1.807, 2.05) is 66.7 Å². The number of thiophene rings is 1. The highest BCUT2D eigenvalue weighted by Crippen LogP contribution is 2.35. The van der Waals surface area contributed by atoms with Crippen LogP contribution in [0.15, 0.2) is 91.0 Å². The molecule has 0 bridgehead atoms. The van der Waals surface area contributed by atoms with Crippen LogP contribution in [0.25, 0.3) is 32.6 Å². The average molecular weight is 524 g/mol. The molecule has 192 valence electrons. The monoisotopic (exact) mass is 523 g/mol. The Hall–Kier alpha value is -4.04. The van der Waals surface area contributed by atoms with E-state index in [0.29, 0.717) is 22.5 Å². The first kappa shape index (κ1) is 25.6. The second-order valence-electron chi connectivity index (χ2n) is 9.19. The van der Waals surface area contributed by atoms with Crippen molar-refractivity contribution in [3.63, 3.8) is 0 Å². The van der Waals surface area contributed by atoms with E-state index >= 15 is 0 Å². The maximum atomic E-state index is 13.7. The van der Waals surface area contributed by atoms with E-state index in [2.05, 4.69) is 22.8 Å². The summed E-state index contributed by atoms with van der Waals surface area (Å²) in [5, 5.41) is 10.1. The Bertz CT molecular complexity index is 1570. The lowest BCUT2D eigenvalue weighted by Crippen LogP contribution is -2.20. The molecule has 5 aromatic rings. The first-order chi connectivity index (χ1) is 18.6. The van der Waals surface area contributed by atoms with Crippen LogP contribution in [0.5, 0.6) is 0 Å². The second-order valence-corrected chi connectivity index (χ2v) is 10.2. The van der Waals surface area contributed by atoms with Gasteiger partial charge in [0, 0.05) is 33.6 Å². The van der Waals surface area contributed by atoms with Gasteiger partial charge in [-0.25, -0.2) is 5.48 Å². The van der Waals surface area contributed by atoms with Gasteiger partial charge in [0.25, 0.3) is 0 Å². The van der Waals surface area contributed by atoms with E-state index in [-0.39, 0.29) is 12.2 Å². The normalized spacial score (nSPS) is 11.1. The molecule has 0 saturated heterocycles. The predicted molar refractivity (Wildman–Crippen MR) is 152 cm³/mol. The number of aryl methyl sites for hydroxylation is 1. The molecule has 5 rings (SSSR count). The van der Waals surface area contributed by atoms with Gasteiger partial charge in [0.2, 0.25) is 11.7 Å². The number of nitrogens with zero attached hydrogens (tertiary/aromatic N) is 1. The van der Waals surface area contributed by atoms with E-state index in [1.165, 1.54) is 11.3 Å². The number of rotatable bonds is 10. The first-order valence-electron chi connectivity index (χ1n) is 12.6. The van der Waals surface area contributed by atoms with Crippen LogP contribution in [0.2, 0.25) is 0 Å². The second kappa shape index (κ2) is 11.6. The van der Waals surface area contributed by atoms with Gasteiger partial charge in [0.05, 0.1) is 11.3 Å². The highest BCUT2D eigenvalue weighted by molar-refractivity contribution is 7.17. The van der Waals surface area contributed by atoms with Crippen molar-refractivity contribution in [3.05, 3.63) is 107 Å². The lowest BCUT2D eigenvalue weighted by Gasteiger charge is -2.11. The Morgan fingerprint density at radius 2 is 1.58 bits per heavy atom. The fourth-order valence-electron chi connectivity index (χ4n) is 4.76. The number of unbranched alkanes of at least 4 members (excludes halogenated alkanes) is 1. The number of carbonyl (C=O) groups excluding carboxylic acids is 2. The van der Waals surface area contributed by atoms with Crippen molar-refractivity contribution in [2.75, 3.05) is 6.54 Å². The molecule has 4 N–H and O–H groups in total. The molecular formula is C31H29N3O3S. The summed E-state index contributed by atoms with van der Waals surface area (Å²) in [5.74, 6) is -0.621. The molecule has 6 nitrogen and oxygen atoms in total. The number of aromatic nitrogens is 1. The van der Waals surface area contributed by atoms with Crippen molar-refractivity contribution < 1.29 is 14.8 Å². The van der Waals surface area contributed by atoms with Crippen molar-refractivity contribution in [2.24, 2.45) is 5.73 Å². The molecule has 1 amide bonds. The van der Waals surface area contributed by atoms with E-state index in [9.17, 15) is 9.59 Å². The number of benzene rings is 3. The van der Waals surface area contributed by atoms with Gasteiger partial charge in [0.15, 0.2) is 0 Å². The summed E-state index contributed by atoms with van der Waals surface area (Å²) in [6.07, 6.45) is 1.85. The molecule has 0 radical (unpaired) electrons. The van der Waals surface area contributed by atoms with Crippen LogP contribution in [0.4, 0.5) is 0 Å². The Labute approximate surface area is 225 Å². The van der Waals surface area contributed by atoms with Crippen LogP contribution in [-0.4, -0.2) is 28.0 Å². The minimum atomic E-state index is -0.524. The molecule has 7 heteroatoms. The van der Waals surface area contributed by atoms with Gasteiger partial charge in [-0.15, -0.1) is 11.3 Å². The fraction of sp³-hybridized carbons (Fsp3) is 0.161. The van der Waals surface area contributed by atoms with Crippen molar-refractivity contribution in [3.8, 4) is 21.7 Å². The summed E-state index contributed by atoms with van der Waals surface area (Å²) in [4.78, 5) is 27.1. The number of amides is 1. The molecule has 0 fully saturated rings. The van der Waals surface area contributed by atoms with Gasteiger partial charge in [-0.1, -0.05) is 72.8 Å². The van der Waals surface area contributed by atoms with Gasteiger partial charge in [0.1, 0.15) is 0 Å². The first-order valence-corrected chi connectivity index (χ1v) is 13.4. The maximum Gasteiger partial charge on any atom is 0.247 e. The minimum absolute atomic E-state index is 0.0199. The summed E-state index contributed by atoms with van der Waals surface area (Å²) >= 11 is 1.36. The largest absolute Gasteiger partial charge is 0.340 e. The summed E-state index contributed by atoms with van der Waals surface area (Å²) in [6.45, 7) is 1.45. The molecule has 0 saturated carbocycles. The van der Waals surface area contributed by atoms with Crippen LogP contribution in [0.3, 0.4) is 0 Å². The van der Waals surface area contributed by atoms with E-state index in [1.54, 1.807) is 11.5 Å². The predicted octanol–water partition coefficient (Wildman–Crippen LogP) is 6.05. The smallest absolute Gasteiger partial charge is 0.247 e. The number of hydroxylamine groups is 1. The Kier molecular flexibility index (Phi) is 7.79. The van der Waals surface area contributed by atoms with Crippen molar-refractivity contribution >= 4 is 33.9 Å². The Morgan fingerprint density at radius 1 is 0.868 bits per heavy atom. The zero-order valence-corrected chi connectivity index (χ0v) is 21.7. The molecule has 0 aliphatic rings. The standard InChI is InChI=1S/C31H29N3O3S/c32-15-7-8-16-34-26(21-9-3-1-4-10-21)17-23-13-14-24(18-27(23)34)30(36)28-19-25(20-29(35)33-37)31(38-28)22-11-5-2-6-12-22/h1-6,9-14,17-19,37H,7-8,15-16,20,32H2,(H,33,35). The quantitative estimate of drug-likeness (QED) is 0.0898. The number of nitrogens with one attached hydrogen (secondary N) is 1. The average Bonchev–Trinajstić information content (AvgIpc) is 3.55. The molecule has 0 unspecified atom stereocenters. The Morgan fingerprint density at radius 3 is 2.26 bits per heavy atom. The third-order valence-corrected chi connectivity index (χ3v) is 7.84. The molecule has 3 aromatic carbocycles. The molecule has 0 aliphatic carbocycles. The van der Waals surface area contributed by atoms with Crippen LogP contribution in [0.1, 0.15) is 33.6 Å². The highest BCUT2D eigenvalue weighted by Gasteiger charge is 2.20. The van der Waals surface area contributed by atoms with Gasteiger partial charge in [-0.2, -0.15) is 0 Å². The summed E-state index contributed by atoms with van der Waals surface area (Å²) in [7, 11) is 0. The SMILES string of the molecule is NCCCCn1c(-c2ccccc2)cc2ccc(C(=O)c3cc(CC(=O)NO)c(-c4ccccc4)s3)cc21. The van der Waals surface area contributed by atoms with Gasteiger partial charge in [-0.3, -0.25) is 14.8 Å². The number of nitrogens with two attached hydrogens (primary N) is 1. The van der Waals surface area contributed by atoms with Gasteiger partial charge < -0.3 is 10.3 Å². The van der Waals surface area contributed by atoms with Gasteiger partial charge >= 0.3 is 0 Å². The zero-order valence-electron chi connectivity index (χ0n) is 20.9. The third-order valence-electron chi connectivity index (χ3n) is 6.62. The molecule has 2 aromatic heterocycles. The Balaban J connectivity index is 1.56. The van der Waals surface area contributed by atoms with Crippen LogP contribution >= 0.6 is 11.3 Å². The number of carbonyl (C=O) groups is 2. The van der Waals surface area contributed by atoms with Crippen LogP contribution in [-0.2, 0) is 17.8 Å². The van der Waals surface area contributed by atoms with Crippen molar-refractivity contribution in [2.45, 2.75) is 25.8 Å². The lowest BCUT2D eigenvalue weighted by atomic mass is 10.0. The number of ketones is 1. The van der Waals surface area contributed by atoms with Crippen molar-refractivity contribution in [1.29, 1.82) is 0 Å². The van der Waals surface area contributed by atoms with Crippen LogP contribution < -0.4 is 11.2 Å². The van der Waals surface area contributed by atoms with Gasteiger partial charge in [-0.05, 0) is 54.3 Å². The van der Waals surface area contributed by atoms with E-state index in [4.69, 9.17) is 10.9 Å². The molecule has 0 aliphatic heterocycles. The molecule has 0 spiro atoms. The van der Waals surface area contributed by atoms with E-state index in [0.717, 1.165) is 52.0 Å². The maximum absolute atomic E-state index is 13.7. The molecule has 2 heterocycles. The topological polar surface area (TPSA) is 97.4 Å². The number of hydrogen-bond acceptors (Lipinski definition) is 5. The number of hydrogen-bond donors (Lipinski definition) is 3. The summed E-state index contributed by atoms with van der Waals surface area (Å²) in [5.41, 5.74) is 12.9. The van der Waals surface area contributed by atoms with Crippen molar-refractivity contribution in [1.82, 2.24) is 10.0 Å². The fourth-order valence-corrected chi connectivity index (χ4v) is 5.91. The molecule has 38 heavy (non-hydrogen) atoms. The van der Waals surface area contributed by atoms with Crippen LogP contribution in [0, 0.1) is 0 Å². The lowest BCUT2D eigenvalue weighted by molar-refractivity contribution is -0.128. The van der Waals surface area contributed by atoms with E-state index < -0.39 is 5.91 Å². The summed E-state index contributed by atoms with van der Waals surface area (Å²) < 4.78 is 2.28. The number of fused-ring (bicyclic) bond motifs is 1. The highest BCUT2D eigenvalue weighted by atomic mass is 32.1. The zero-order chi connectivity index (χ0) is 26.5. The minimum Gasteiger partial charge on any atom is -0.340 e.